The van der Waals surface area contributed by atoms with Crippen molar-refractivity contribution in [2.24, 2.45) is 4.99 Å². The van der Waals surface area contributed by atoms with E-state index in [0.717, 1.165) is 24.3 Å². The fraction of sp³-hybridized carbons (Fsp3) is 0.609. The smallest absolute Gasteiger partial charge is 0.224 e. The predicted octanol–water partition coefficient (Wildman–Crippen LogP) is 1.24. The molecule has 1 aromatic rings. The second-order valence-corrected chi connectivity index (χ2v) is 7.55. The van der Waals surface area contributed by atoms with Crippen molar-refractivity contribution in [1.82, 2.24) is 20.4 Å². The number of ether oxygens (including phenoxy) is 2. The van der Waals surface area contributed by atoms with Gasteiger partial charge in [0.05, 0.1) is 13.7 Å². The van der Waals surface area contributed by atoms with Gasteiger partial charge in [0.15, 0.2) is 5.96 Å². The Balaban J connectivity index is 1.82. The Hall–Kier alpha value is -2.81. The number of methoxy groups -OCH3 is 1. The zero-order valence-corrected chi connectivity index (χ0v) is 19.6. The number of carbonyl (C=O) groups is 2. The second-order valence-electron chi connectivity index (χ2n) is 7.55. The molecule has 2 N–H and O–H groups in total. The maximum atomic E-state index is 12.5. The molecule has 0 saturated carbocycles. The Morgan fingerprint density at radius 2 is 1.69 bits per heavy atom. The highest BCUT2D eigenvalue weighted by atomic mass is 16.5. The minimum atomic E-state index is 0.0619. The van der Waals surface area contributed by atoms with Crippen molar-refractivity contribution in [1.29, 1.82) is 0 Å². The molecule has 0 bridgehead atoms. The van der Waals surface area contributed by atoms with Gasteiger partial charge in [-0.3, -0.25) is 9.59 Å². The quantitative estimate of drug-likeness (QED) is 0.301. The molecule has 0 unspecified atom stereocenters. The highest BCUT2D eigenvalue weighted by Gasteiger charge is 2.21. The molecule has 0 aliphatic carbocycles. The zero-order valence-electron chi connectivity index (χ0n) is 19.6. The van der Waals surface area contributed by atoms with Crippen LogP contribution in [0.2, 0.25) is 0 Å². The fourth-order valence-electron chi connectivity index (χ4n) is 3.32. The Morgan fingerprint density at radius 3 is 2.31 bits per heavy atom. The van der Waals surface area contributed by atoms with Gasteiger partial charge in [0.1, 0.15) is 5.75 Å². The lowest BCUT2D eigenvalue weighted by atomic mass is 10.2. The second kappa shape index (κ2) is 14.3. The van der Waals surface area contributed by atoms with Crippen LogP contribution in [0.4, 0.5) is 0 Å². The molecule has 178 valence electrons. The molecule has 32 heavy (non-hydrogen) atoms. The molecule has 1 aliphatic rings. The molecule has 1 saturated heterocycles. The van der Waals surface area contributed by atoms with Crippen LogP contribution >= 0.6 is 0 Å². The van der Waals surface area contributed by atoms with Crippen LogP contribution in [0.1, 0.15) is 32.3 Å². The van der Waals surface area contributed by atoms with Gasteiger partial charge in [-0.2, -0.15) is 0 Å². The first-order valence-corrected chi connectivity index (χ1v) is 11.3. The first-order chi connectivity index (χ1) is 15.5. The van der Waals surface area contributed by atoms with Crippen LogP contribution in [0, 0.1) is 0 Å². The molecule has 9 nitrogen and oxygen atoms in total. The molecule has 1 aromatic carbocycles. The monoisotopic (exact) mass is 447 g/mol. The van der Waals surface area contributed by atoms with Crippen LogP contribution < -0.4 is 15.4 Å². The van der Waals surface area contributed by atoms with Crippen molar-refractivity contribution < 1.29 is 19.1 Å². The van der Waals surface area contributed by atoms with Crippen LogP contribution in [0.3, 0.4) is 0 Å². The molecule has 2 rings (SSSR count). The summed E-state index contributed by atoms with van der Waals surface area (Å²) in [6, 6.07) is 7.80. The van der Waals surface area contributed by atoms with Gasteiger partial charge in [-0.25, -0.2) is 4.99 Å². The van der Waals surface area contributed by atoms with E-state index in [0.29, 0.717) is 64.9 Å². The van der Waals surface area contributed by atoms with E-state index in [-0.39, 0.29) is 11.8 Å². The lowest BCUT2D eigenvalue weighted by molar-refractivity contribution is -0.138. The van der Waals surface area contributed by atoms with Crippen molar-refractivity contribution in [3.8, 4) is 5.75 Å². The Morgan fingerprint density at radius 1 is 1.03 bits per heavy atom. The van der Waals surface area contributed by atoms with Crippen LogP contribution in [-0.4, -0.2) is 87.2 Å². The van der Waals surface area contributed by atoms with Crippen LogP contribution in [0.25, 0.3) is 0 Å². The summed E-state index contributed by atoms with van der Waals surface area (Å²) in [6.45, 7) is 9.07. The predicted molar refractivity (Wildman–Crippen MR) is 125 cm³/mol. The van der Waals surface area contributed by atoms with Crippen molar-refractivity contribution in [2.45, 2.75) is 33.2 Å². The number of nitrogens with one attached hydrogen (secondary N) is 2. The zero-order chi connectivity index (χ0) is 23.2. The summed E-state index contributed by atoms with van der Waals surface area (Å²) in [5.74, 6) is 1.64. The van der Waals surface area contributed by atoms with E-state index in [1.165, 1.54) is 0 Å². The van der Waals surface area contributed by atoms with Gasteiger partial charge in [-0.05, 0) is 31.0 Å². The Kier molecular flexibility index (Phi) is 11.4. The van der Waals surface area contributed by atoms with Gasteiger partial charge in [0.2, 0.25) is 11.8 Å². The molecule has 1 fully saturated rings. The summed E-state index contributed by atoms with van der Waals surface area (Å²) in [5.41, 5.74) is 1.07. The number of benzene rings is 1. The average molecular weight is 448 g/mol. The molecule has 0 atom stereocenters. The molecule has 1 aliphatic heterocycles. The summed E-state index contributed by atoms with van der Waals surface area (Å²) >= 11 is 0. The van der Waals surface area contributed by atoms with Gasteiger partial charge in [-0.1, -0.05) is 12.1 Å². The third kappa shape index (κ3) is 9.13. The maximum Gasteiger partial charge on any atom is 0.224 e. The topological polar surface area (TPSA) is 95.5 Å². The third-order valence-corrected chi connectivity index (χ3v) is 5.25. The number of aliphatic imine (C=N–C) groups is 1. The van der Waals surface area contributed by atoms with Gasteiger partial charge in [-0.15, -0.1) is 0 Å². The molecule has 0 aromatic heterocycles. The lowest BCUT2D eigenvalue weighted by Crippen LogP contribution is -2.50. The van der Waals surface area contributed by atoms with Crippen molar-refractivity contribution in [2.75, 3.05) is 59.6 Å². The van der Waals surface area contributed by atoms with Gasteiger partial charge in [0, 0.05) is 65.8 Å². The molecular weight excluding hydrogens is 410 g/mol. The van der Waals surface area contributed by atoms with Gasteiger partial charge < -0.3 is 29.9 Å². The normalized spacial score (nSPS) is 14.3. The fourth-order valence-corrected chi connectivity index (χ4v) is 3.32. The number of rotatable bonds is 11. The molecule has 9 heteroatoms. The first-order valence-electron chi connectivity index (χ1n) is 11.3. The Labute approximate surface area is 191 Å². The van der Waals surface area contributed by atoms with Crippen molar-refractivity contribution in [3.63, 3.8) is 0 Å². The number of amides is 2. The van der Waals surface area contributed by atoms with Crippen LogP contribution in [-0.2, 0) is 20.9 Å². The summed E-state index contributed by atoms with van der Waals surface area (Å²) in [7, 11) is 1.64. The Bertz CT molecular complexity index is 730. The van der Waals surface area contributed by atoms with Crippen LogP contribution in [0.5, 0.6) is 5.75 Å². The van der Waals surface area contributed by atoms with Crippen LogP contribution in [0.15, 0.2) is 29.3 Å². The molecular formula is C23H37N5O4. The molecule has 0 spiro atoms. The molecule has 0 radical (unpaired) electrons. The molecule has 1 heterocycles. The largest absolute Gasteiger partial charge is 0.497 e. The van der Waals surface area contributed by atoms with Gasteiger partial charge in [0.25, 0.3) is 0 Å². The highest BCUT2D eigenvalue weighted by Crippen LogP contribution is 2.11. The minimum Gasteiger partial charge on any atom is -0.497 e. The summed E-state index contributed by atoms with van der Waals surface area (Å²) < 4.78 is 10.6. The van der Waals surface area contributed by atoms with E-state index in [9.17, 15) is 9.59 Å². The minimum absolute atomic E-state index is 0.0619. The summed E-state index contributed by atoms with van der Waals surface area (Å²) in [4.78, 5) is 32.2. The number of hydrogen-bond acceptors (Lipinski definition) is 5. The van der Waals surface area contributed by atoms with E-state index in [4.69, 9.17) is 9.47 Å². The standard InChI is InChI=1S/C23H37N5O4/c1-4-32-17-5-11-24-23(26-18-20-6-8-21(31-3)9-7-20)25-12-10-22(30)28-15-13-27(14-16-28)19(2)29/h6-9H,4-5,10-18H2,1-3H3,(H2,24,25,26). The summed E-state index contributed by atoms with van der Waals surface area (Å²) in [6.07, 6.45) is 1.25. The van der Waals surface area contributed by atoms with E-state index in [1.54, 1.807) is 18.9 Å². The first kappa shape index (κ1) is 25.5. The third-order valence-electron chi connectivity index (χ3n) is 5.25. The number of nitrogens with zero attached hydrogens (tertiary/aromatic N) is 3. The summed E-state index contributed by atoms with van der Waals surface area (Å²) in [5, 5.41) is 6.57. The maximum absolute atomic E-state index is 12.5. The number of carbonyl (C=O) groups excluding carboxylic acids is 2. The van der Waals surface area contributed by atoms with Crippen molar-refractivity contribution >= 4 is 17.8 Å². The average Bonchev–Trinajstić information content (AvgIpc) is 2.82. The molecule has 2 amide bonds. The van der Waals surface area contributed by atoms with Crippen molar-refractivity contribution in [3.05, 3.63) is 29.8 Å². The SMILES string of the molecule is CCOCCCNC(=NCc1ccc(OC)cc1)NCCC(=O)N1CCN(C(C)=O)CC1. The van der Waals surface area contributed by atoms with E-state index < -0.39 is 0 Å². The number of piperazine rings is 1. The van der Waals surface area contributed by atoms with E-state index >= 15 is 0 Å². The number of guanidine groups is 1. The van der Waals surface area contributed by atoms with E-state index in [1.807, 2.05) is 36.1 Å². The lowest BCUT2D eigenvalue weighted by Gasteiger charge is -2.34. The van der Waals surface area contributed by atoms with E-state index in [2.05, 4.69) is 15.6 Å². The highest BCUT2D eigenvalue weighted by molar-refractivity contribution is 5.81. The number of hydrogen-bond donors (Lipinski definition) is 2. The van der Waals surface area contributed by atoms with Gasteiger partial charge >= 0.3 is 0 Å².